The number of aryl methyl sites for hydroxylation is 2. The Hall–Kier alpha value is -2.42. The van der Waals surface area contributed by atoms with Gasteiger partial charge in [-0.05, 0) is 26.3 Å². The van der Waals surface area contributed by atoms with Gasteiger partial charge in [0.05, 0.1) is 16.9 Å². The van der Waals surface area contributed by atoms with Crippen molar-refractivity contribution < 1.29 is 9.59 Å². The number of carbonyl (C=O) groups is 2. The van der Waals surface area contributed by atoms with E-state index in [0.29, 0.717) is 29.8 Å². The second-order valence-corrected chi connectivity index (χ2v) is 4.91. The number of nitrogens with zero attached hydrogens (tertiary/aromatic N) is 3. The molecule has 0 saturated carbocycles. The zero-order valence-electron chi connectivity index (χ0n) is 11.7. The quantitative estimate of drug-likeness (QED) is 0.815. The van der Waals surface area contributed by atoms with Crippen molar-refractivity contribution in [2.75, 3.05) is 12.4 Å². The third kappa shape index (κ3) is 2.48. The molecule has 1 aromatic heterocycles. The lowest BCUT2D eigenvalue weighted by atomic mass is 10.0. The molecule has 0 spiro atoms. The maximum absolute atomic E-state index is 12.1. The number of piperidine rings is 1. The molecule has 2 heterocycles. The zero-order valence-corrected chi connectivity index (χ0v) is 11.7. The van der Waals surface area contributed by atoms with Crippen molar-refractivity contribution in [2.24, 2.45) is 0 Å². The Morgan fingerprint density at radius 1 is 1.45 bits per heavy atom. The number of anilines is 1. The van der Waals surface area contributed by atoms with Crippen molar-refractivity contribution >= 4 is 17.5 Å². The van der Waals surface area contributed by atoms with Gasteiger partial charge in [-0.25, -0.2) is 0 Å². The van der Waals surface area contributed by atoms with E-state index in [2.05, 4.69) is 16.4 Å². The molecule has 1 aliphatic rings. The van der Waals surface area contributed by atoms with Crippen molar-refractivity contribution in [1.82, 2.24) is 9.88 Å². The van der Waals surface area contributed by atoms with Crippen LogP contribution in [-0.4, -0.2) is 34.8 Å². The molecule has 0 aromatic carbocycles. The highest BCUT2D eigenvalue weighted by Crippen LogP contribution is 2.22. The number of aromatic nitrogens is 1. The van der Waals surface area contributed by atoms with E-state index in [1.807, 2.05) is 6.92 Å². The SMILES string of the molecule is Cc1cc(NC2CCC(=O)N(C)C2=O)c(C#N)c(C)n1. The van der Waals surface area contributed by atoms with Gasteiger partial charge < -0.3 is 5.32 Å². The largest absolute Gasteiger partial charge is 0.372 e. The van der Waals surface area contributed by atoms with Crippen LogP contribution >= 0.6 is 0 Å². The minimum atomic E-state index is -0.481. The smallest absolute Gasteiger partial charge is 0.251 e. The fourth-order valence-electron chi connectivity index (χ4n) is 2.32. The van der Waals surface area contributed by atoms with Crippen molar-refractivity contribution in [2.45, 2.75) is 32.7 Å². The first-order valence-corrected chi connectivity index (χ1v) is 6.39. The van der Waals surface area contributed by atoms with Crippen LogP contribution in [0.5, 0.6) is 0 Å². The van der Waals surface area contributed by atoms with Gasteiger partial charge in [0.1, 0.15) is 12.1 Å². The first-order valence-electron chi connectivity index (χ1n) is 6.39. The van der Waals surface area contributed by atoms with Crippen molar-refractivity contribution in [3.05, 3.63) is 23.0 Å². The Balaban J connectivity index is 2.29. The molecular weight excluding hydrogens is 256 g/mol. The zero-order chi connectivity index (χ0) is 14.9. The molecular formula is C14H16N4O2. The summed E-state index contributed by atoms with van der Waals surface area (Å²) < 4.78 is 0. The number of carbonyl (C=O) groups excluding carboxylic acids is 2. The highest BCUT2D eigenvalue weighted by molar-refractivity contribution is 6.01. The van der Waals surface area contributed by atoms with Crippen LogP contribution in [0.4, 0.5) is 5.69 Å². The molecule has 1 aliphatic heterocycles. The summed E-state index contributed by atoms with van der Waals surface area (Å²) in [7, 11) is 1.48. The minimum Gasteiger partial charge on any atom is -0.372 e. The van der Waals surface area contributed by atoms with Crippen LogP contribution in [0.15, 0.2) is 6.07 Å². The van der Waals surface area contributed by atoms with E-state index in [1.54, 1.807) is 13.0 Å². The lowest BCUT2D eigenvalue weighted by molar-refractivity contribution is -0.146. The Kier molecular flexibility index (Phi) is 3.70. The van der Waals surface area contributed by atoms with Crippen molar-refractivity contribution in [3.63, 3.8) is 0 Å². The summed E-state index contributed by atoms with van der Waals surface area (Å²) in [4.78, 5) is 28.9. The number of nitriles is 1. The molecule has 0 radical (unpaired) electrons. The van der Waals surface area contributed by atoms with Gasteiger partial charge in [0, 0.05) is 19.2 Å². The number of likely N-dealkylation sites (N-methyl/N-ethyl adjacent to an activating group) is 1. The molecule has 6 heteroatoms. The Morgan fingerprint density at radius 2 is 2.15 bits per heavy atom. The van der Waals surface area contributed by atoms with Crippen molar-refractivity contribution in [1.29, 1.82) is 5.26 Å². The van der Waals surface area contributed by atoms with Gasteiger partial charge in [0.2, 0.25) is 5.91 Å². The molecule has 1 aromatic rings. The van der Waals surface area contributed by atoms with E-state index in [1.165, 1.54) is 7.05 Å². The number of nitrogens with one attached hydrogen (secondary N) is 1. The Bertz CT molecular complexity index is 618. The van der Waals surface area contributed by atoms with E-state index in [9.17, 15) is 14.9 Å². The lowest BCUT2D eigenvalue weighted by Gasteiger charge is -2.29. The number of hydrogen-bond acceptors (Lipinski definition) is 5. The third-order valence-corrected chi connectivity index (χ3v) is 3.42. The summed E-state index contributed by atoms with van der Waals surface area (Å²) in [5.41, 5.74) is 2.43. The van der Waals surface area contributed by atoms with Crippen LogP contribution in [0.3, 0.4) is 0 Å². The van der Waals surface area contributed by atoms with E-state index in [4.69, 9.17) is 0 Å². The number of pyridine rings is 1. The van der Waals surface area contributed by atoms with E-state index >= 15 is 0 Å². The highest BCUT2D eigenvalue weighted by Gasteiger charge is 2.32. The molecule has 1 atom stereocenters. The number of imide groups is 1. The van der Waals surface area contributed by atoms with Crippen molar-refractivity contribution in [3.8, 4) is 6.07 Å². The average Bonchev–Trinajstić information content (AvgIpc) is 2.39. The minimum absolute atomic E-state index is 0.171. The molecule has 2 rings (SSSR count). The van der Waals surface area contributed by atoms with E-state index < -0.39 is 6.04 Å². The third-order valence-electron chi connectivity index (χ3n) is 3.42. The van der Waals surface area contributed by atoms with Gasteiger partial charge in [-0.15, -0.1) is 0 Å². The number of hydrogen-bond donors (Lipinski definition) is 1. The predicted octanol–water partition coefficient (Wildman–Crippen LogP) is 1.13. The summed E-state index contributed by atoms with van der Waals surface area (Å²) in [5, 5.41) is 12.3. The number of amides is 2. The monoisotopic (exact) mass is 272 g/mol. The van der Waals surface area contributed by atoms with Gasteiger partial charge >= 0.3 is 0 Å². The fraction of sp³-hybridized carbons (Fsp3) is 0.429. The summed E-state index contributed by atoms with van der Waals surface area (Å²) >= 11 is 0. The standard InChI is InChI=1S/C14H16N4O2/c1-8-6-12(10(7-15)9(2)16-8)17-11-4-5-13(19)18(3)14(11)20/h6,11H,4-5H2,1-3H3,(H,16,17). The molecule has 2 amide bonds. The fourth-order valence-corrected chi connectivity index (χ4v) is 2.32. The summed E-state index contributed by atoms with van der Waals surface area (Å²) in [6.45, 7) is 3.59. The van der Waals surface area contributed by atoms with Crippen LogP contribution < -0.4 is 5.32 Å². The van der Waals surface area contributed by atoms with E-state index in [0.717, 1.165) is 10.6 Å². The second kappa shape index (κ2) is 5.29. The summed E-state index contributed by atoms with van der Waals surface area (Å²) in [6.07, 6.45) is 0.762. The maximum Gasteiger partial charge on any atom is 0.251 e. The summed E-state index contributed by atoms with van der Waals surface area (Å²) in [5.74, 6) is -0.437. The predicted molar refractivity (Wildman–Crippen MR) is 72.8 cm³/mol. The first-order chi connectivity index (χ1) is 9.43. The molecule has 20 heavy (non-hydrogen) atoms. The van der Waals surface area contributed by atoms with Gasteiger partial charge in [-0.3, -0.25) is 19.5 Å². The van der Waals surface area contributed by atoms with Gasteiger partial charge in [0.15, 0.2) is 0 Å². The average molecular weight is 272 g/mol. The molecule has 1 saturated heterocycles. The molecule has 1 unspecified atom stereocenters. The number of rotatable bonds is 2. The van der Waals surface area contributed by atoms with Crippen LogP contribution in [0.1, 0.15) is 29.8 Å². The Labute approximate surface area is 117 Å². The topological polar surface area (TPSA) is 86.1 Å². The molecule has 1 N–H and O–H groups in total. The highest BCUT2D eigenvalue weighted by atomic mass is 16.2. The lowest BCUT2D eigenvalue weighted by Crippen LogP contribution is -2.48. The molecule has 1 fully saturated rings. The molecule has 6 nitrogen and oxygen atoms in total. The van der Waals surface area contributed by atoms with Crippen LogP contribution in [0.25, 0.3) is 0 Å². The number of likely N-dealkylation sites (tertiary alicyclic amines) is 1. The second-order valence-electron chi connectivity index (χ2n) is 4.91. The van der Waals surface area contributed by atoms with Crippen LogP contribution in [0, 0.1) is 25.2 Å². The van der Waals surface area contributed by atoms with Gasteiger partial charge in [-0.1, -0.05) is 0 Å². The normalized spacial score (nSPS) is 18.9. The molecule has 0 bridgehead atoms. The molecule has 104 valence electrons. The first kappa shape index (κ1) is 14.0. The van der Waals surface area contributed by atoms with Crippen LogP contribution in [0.2, 0.25) is 0 Å². The van der Waals surface area contributed by atoms with Gasteiger partial charge in [0.25, 0.3) is 5.91 Å². The maximum atomic E-state index is 12.1. The van der Waals surface area contributed by atoms with E-state index in [-0.39, 0.29) is 11.8 Å². The summed E-state index contributed by atoms with van der Waals surface area (Å²) in [6, 6.07) is 3.36. The Morgan fingerprint density at radius 3 is 2.80 bits per heavy atom. The van der Waals surface area contributed by atoms with Gasteiger partial charge in [-0.2, -0.15) is 5.26 Å². The van der Waals surface area contributed by atoms with Crippen LogP contribution in [-0.2, 0) is 9.59 Å². The molecule has 0 aliphatic carbocycles.